The topological polar surface area (TPSA) is 58.6 Å². The van der Waals surface area contributed by atoms with Gasteiger partial charge in [0.1, 0.15) is 11.9 Å². The van der Waals surface area contributed by atoms with Gasteiger partial charge in [-0.1, -0.05) is 36.4 Å². The van der Waals surface area contributed by atoms with Gasteiger partial charge in [-0.05, 0) is 37.1 Å². The second-order valence-corrected chi connectivity index (χ2v) is 9.23. The number of likely N-dealkylation sites (tertiary alicyclic amines) is 1. The zero-order valence-corrected chi connectivity index (χ0v) is 17.5. The zero-order valence-electron chi connectivity index (χ0n) is 16.7. The molecule has 1 saturated heterocycles. The van der Waals surface area contributed by atoms with E-state index in [1.807, 2.05) is 11.9 Å². The van der Waals surface area contributed by atoms with Crippen molar-refractivity contribution in [2.24, 2.45) is 0 Å². The van der Waals surface area contributed by atoms with Crippen molar-refractivity contribution in [2.75, 3.05) is 24.9 Å². The van der Waals surface area contributed by atoms with E-state index in [4.69, 9.17) is 4.74 Å². The maximum atomic E-state index is 13.5. The van der Waals surface area contributed by atoms with Crippen LogP contribution >= 0.6 is 0 Å². The first-order valence-electron chi connectivity index (χ1n) is 9.70. The number of sulfonamides is 1. The highest BCUT2D eigenvalue weighted by atomic mass is 32.2. The van der Waals surface area contributed by atoms with Gasteiger partial charge in [-0.15, -0.1) is 0 Å². The Morgan fingerprint density at radius 1 is 1.06 bits per heavy atom. The van der Waals surface area contributed by atoms with Gasteiger partial charge >= 0.3 is 6.18 Å². The summed E-state index contributed by atoms with van der Waals surface area (Å²) in [6.07, 6.45) is -4.41. The molecule has 0 bridgehead atoms. The lowest BCUT2D eigenvalue weighted by molar-refractivity contribution is -0.139. The molecule has 164 valence electrons. The fourth-order valence-corrected chi connectivity index (χ4v) is 5.01. The number of hydrogen-bond donors (Lipinski definition) is 1. The van der Waals surface area contributed by atoms with Crippen LogP contribution in [0.4, 0.5) is 18.9 Å². The lowest BCUT2D eigenvalue weighted by Gasteiger charge is -2.19. The Bertz CT molecular complexity index is 1210. The molecular weight excluding hydrogens is 429 g/mol. The van der Waals surface area contributed by atoms with Crippen LogP contribution in [0.15, 0.2) is 65.6 Å². The van der Waals surface area contributed by atoms with Crippen LogP contribution in [0.3, 0.4) is 0 Å². The molecule has 0 radical (unpaired) electrons. The number of anilines is 1. The van der Waals surface area contributed by atoms with Crippen LogP contribution in [0.5, 0.6) is 5.75 Å². The molecule has 1 unspecified atom stereocenters. The normalized spacial score (nSPS) is 17.7. The van der Waals surface area contributed by atoms with Crippen molar-refractivity contribution in [3.8, 4) is 5.75 Å². The standard InChI is InChI=1S/C22H21F3N2O3S/c1-27-12-11-17(14-27)30-20-13-16(9-10-19(20)22(23,24)25)26-31(28,29)21-8-4-6-15-5-2-3-7-18(15)21/h2-10,13,17,26H,11-12,14H2,1H3. The minimum Gasteiger partial charge on any atom is -0.488 e. The van der Waals surface area contributed by atoms with Crippen LogP contribution in [0.25, 0.3) is 10.8 Å². The summed E-state index contributed by atoms with van der Waals surface area (Å²) in [6, 6.07) is 14.9. The van der Waals surface area contributed by atoms with Crippen LogP contribution in [-0.4, -0.2) is 39.6 Å². The first kappa shape index (κ1) is 21.5. The lowest BCUT2D eigenvalue weighted by Crippen LogP contribution is -2.23. The Morgan fingerprint density at radius 3 is 2.52 bits per heavy atom. The van der Waals surface area contributed by atoms with Crippen molar-refractivity contribution < 1.29 is 26.3 Å². The molecule has 1 fully saturated rings. The first-order chi connectivity index (χ1) is 14.6. The van der Waals surface area contributed by atoms with Gasteiger partial charge in [-0.25, -0.2) is 8.42 Å². The van der Waals surface area contributed by atoms with Crippen molar-refractivity contribution >= 4 is 26.5 Å². The van der Waals surface area contributed by atoms with Gasteiger partial charge < -0.3 is 9.64 Å². The predicted molar refractivity (Wildman–Crippen MR) is 113 cm³/mol. The van der Waals surface area contributed by atoms with E-state index in [0.717, 1.165) is 30.1 Å². The molecule has 1 aliphatic rings. The maximum absolute atomic E-state index is 13.5. The number of hydrogen-bond acceptors (Lipinski definition) is 4. The van der Waals surface area contributed by atoms with Gasteiger partial charge in [-0.3, -0.25) is 4.72 Å². The van der Waals surface area contributed by atoms with E-state index >= 15 is 0 Å². The van der Waals surface area contributed by atoms with Crippen LogP contribution in [0.1, 0.15) is 12.0 Å². The fraction of sp³-hybridized carbons (Fsp3) is 0.273. The average Bonchev–Trinajstić information content (AvgIpc) is 3.11. The Balaban J connectivity index is 1.68. The second-order valence-electron chi connectivity index (χ2n) is 7.58. The van der Waals surface area contributed by atoms with E-state index in [0.29, 0.717) is 18.4 Å². The van der Waals surface area contributed by atoms with E-state index in [1.54, 1.807) is 36.4 Å². The molecule has 0 saturated carbocycles. The molecule has 1 N–H and O–H groups in total. The van der Waals surface area contributed by atoms with Gasteiger partial charge in [-0.2, -0.15) is 13.2 Å². The molecule has 5 nitrogen and oxygen atoms in total. The highest BCUT2D eigenvalue weighted by Gasteiger charge is 2.36. The molecule has 31 heavy (non-hydrogen) atoms. The van der Waals surface area contributed by atoms with Crippen molar-refractivity contribution in [2.45, 2.75) is 23.6 Å². The Labute approximate surface area is 178 Å². The molecule has 3 aromatic rings. The molecule has 3 aromatic carbocycles. The Hall–Kier alpha value is -2.78. The van der Waals surface area contributed by atoms with E-state index in [-0.39, 0.29) is 16.3 Å². The number of ether oxygens (including phenoxy) is 1. The van der Waals surface area contributed by atoms with E-state index in [9.17, 15) is 21.6 Å². The summed E-state index contributed by atoms with van der Waals surface area (Å²) in [6.45, 7) is 1.22. The van der Waals surface area contributed by atoms with Gasteiger partial charge in [0.05, 0.1) is 16.1 Å². The van der Waals surface area contributed by atoms with Gasteiger partial charge in [0, 0.05) is 24.5 Å². The third kappa shape index (κ3) is 4.62. The lowest BCUT2D eigenvalue weighted by atomic mass is 10.1. The number of halogens is 3. The number of benzene rings is 3. The third-order valence-corrected chi connectivity index (χ3v) is 6.66. The second kappa shape index (κ2) is 8.05. The third-order valence-electron chi connectivity index (χ3n) is 5.22. The summed E-state index contributed by atoms with van der Waals surface area (Å²) < 4.78 is 74.5. The number of fused-ring (bicyclic) bond motifs is 1. The van der Waals surface area contributed by atoms with Gasteiger partial charge in [0.2, 0.25) is 0 Å². The van der Waals surface area contributed by atoms with Crippen molar-refractivity contribution in [1.29, 1.82) is 0 Å². The van der Waals surface area contributed by atoms with Gasteiger partial charge in [0.25, 0.3) is 10.0 Å². The van der Waals surface area contributed by atoms with E-state index in [2.05, 4.69) is 4.72 Å². The highest BCUT2D eigenvalue weighted by Crippen LogP contribution is 2.39. The maximum Gasteiger partial charge on any atom is 0.419 e. The number of rotatable bonds is 5. The molecule has 1 atom stereocenters. The van der Waals surface area contributed by atoms with Crippen molar-refractivity contribution in [3.05, 3.63) is 66.2 Å². The molecule has 0 aromatic heterocycles. The number of likely N-dealkylation sites (N-methyl/N-ethyl adjacent to an activating group) is 1. The number of nitrogens with zero attached hydrogens (tertiary/aromatic N) is 1. The number of alkyl halides is 3. The SMILES string of the molecule is CN1CCC(Oc2cc(NS(=O)(=O)c3cccc4ccccc34)ccc2C(F)(F)F)C1. The summed E-state index contributed by atoms with van der Waals surface area (Å²) in [5.41, 5.74) is -0.933. The fourth-order valence-electron chi connectivity index (χ4n) is 3.73. The zero-order chi connectivity index (χ0) is 22.2. The average molecular weight is 450 g/mol. The summed E-state index contributed by atoms with van der Waals surface area (Å²) in [5.74, 6) is -0.383. The summed E-state index contributed by atoms with van der Waals surface area (Å²) in [7, 11) is -2.17. The van der Waals surface area contributed by atoms with Gasteiger partial charge in [0.15, 0.2) is 0 Å². The summed E-state index contributed by atoms with van der Waals surface area (Å²) >= 11 is 0. The van der Waals surface area contributed by atoms with Crippen LogP contribution < -0.4 is 9.46 Å². The molecule has 9 heteroatoms. The molecular formula is C22H21F3N2O3S. The monoisotopic (exact) mass is 450 g/mol. The predicted octanol–water partition coefficient (Wildman–Crippen LogP) is 4.74. The molecule has 0 amide bonds. The summed E-state index contributed by atoms with van der Waals surface area (Å²) in [4.78, 5) is 2.01. The molecule has 1 heterocycles. The highest BCUT2D eigenvalue weighted by molar-refractivity contribution is 7.93. The van der Waals surface area contributed by atoms with Crippen molar-refractivity contribution in [3.63, 3.8) is 0 Å². The van der Waals surface area contributed by atoms with Crippen LogP contribution in [0, 0.1) is 0 Å². The van der Waals surface area contributed by atoms with E-state index in [1.165, 1.54) is 6.07 Å². The smallest absolute Gasteiger partial charge is 0.419 e. The van der Waals surface area contributed by atoms with Crippen molar-refractivity contribution in [1.82, 2.24) is 4.90 Å². The Kier molecular flexibility index (Phi) is 5.57. The molecule has 4 rings (SSSR count). The van der Waals surface area contributed by atoms with E-state index < -0.39 is 27.9 Å². The Morgan fingerprint density at radius 2 is 1.81 bits per heavy atom. The largest absolute Gasteiger partial charge is 0.488 e. The minimum absolute atomic E-state index is 0.00212. The quantitative estimate of drug-likeness (QED) is 0.610. The molecule has 0 spiro atoms. The number of nitrogens with one attached hydrogen (secondary N) is 1. The van der Waals surface area contributed by atoms with Crippen LogP contribution in [0.2, 0.25) is 0 Å². The summed E-state index contributed by atoms with van der Waals surface area (Å²) in [5, 5.41) is 1.27. The molecule has 1 aliphatic heterocycles. The van der Waals surface area contributed by atoms with Crippen LogP contribution in [-0.2, 0) is 16.2 Å². The molecule has 0 aliphatic carbocycles. The minimum atomic E-state index is -4.62. The first-order valence-corrected chi connectivity index (χ1v) is 11.2.